The van der Waals surface area contributed by atoms with Crippen LogP contribution in [0.2, 0.25) is 0 Å². The van der Waals surface area contributed by atoms with Gasteiger partial charge in [-0.2, -0.15) is 0 Å². The zero-order chi connectivity index (χ0) is 18.1. The van der Waals surface area contributed by atoms with E-state index >= 15 is 0 Å². The number of nitrogens with one attached hydrogen (secondary N) is 2. The van der Waals surface area contributed by atoms with Crippen molar-refractivity contribution in [1.29, 1.82) is 0 Å². The molecule has 1 aromatic rings. The Morgan fingerprint density at radius 3 is 2.68 bits per heavy atom. The molecule has 7 nitrogen and oxygen atoms in total. The van der Waals surface area contributed by atoms with Crippen LogP contribution in [-0.2, 0) is 11.3 Å². The number of guanidine groups is 1. The van der Waals surface area contributed by atoms with Gasteiger partial charge >= 0.3 is 0 Å². The summed E-state index contributed by atoms with van der Waals surface area (Å²) in [4.78, 5) is 11.2. The average Bonchev–Trinajstić information content (AvgIpc) is 2.93. The van der Waals surface area contributed by atoms with Crippen LogP contribution in [0.5, 0.6) is 0 Å². The maximum Gasteiger partial charge on any atom is 0.208 e. The molecule has 1 aliphatic heterocycles. The van der Waals surface area contributed by atoms with Crippen LogP contribution in [0.25, 0.3) is 0 Å². The molecule has 2 rings (SSSR count). The number of aromatic nitrogens is 1. The average molecular weight is 351 g/mol. The molecule has 142 valence electrons. The molecule has 0 radical (unpaired) electrons. The van der Waals surface area contributed by atoms with Crippen molar-refractivity contribution in [3.63, 3.8) is 0 Å². The number of likely N-dealkylation sites (tertiary alicyclic amines) is 1. The fraction of sp³-hybridized carbons (Fsp3) is 0.778. The van der Waals surface area contributed by atoms with E-state index in [1.807, 2.05) is 20.9 Å². The van der Waals surface area contributed by atoms with Gasteiger partial charge in [0.2, 0.25) is 5.89 Å². The molecule has 0 amide bonds. The zero-order valence-corrected chi connectivity index (χ0v) is 16.1. The molecule has 1 aromatic heterocycles. The molecule has 2 N–H and O–H groups in total. The van der Waals surface area contributed by atoms with Crippen LogP contribution in [0.4, 0.5) is 0 Å². The SMILES string of the molecule is CN=C(NCCCOC)NCC1CCN(Cc2nc(C)c(C)o2)CC1. The Morgan fingerprint density at radius 2 is 2.08 bits per heavy atom. The van der Waals surface area contributed by atoms with Gasteiger partial charge in [0.05, 0.1) is 12.2 Å². The largest absolute Gasteiger partial charge is 0.444 e. The van der Waals surface area contributed by atoms with Crippen LogP contribution in [0, 0.1) is 19.8 Å². The van der Waals surface area contributed by atoms with Crippen molar-refractivity contribution in [3.8, 4) is 0 Å². The van der Waals surface area contributed by atoms with Crippen molar-refractivity contribution in [2.45, 2.75) is 39.7 Å². The molecule has 2 heterocycles. The van der Waals surface area contributed by atoms with Crippen LogP contribution < -0.4 is 10.6 Å². The summed E-state index contributed by atoms with van der Waals surface area (Å²) in [6.07, 6.45) is 3.36. The van der Waals surface area contributed by atoms with E-state index in [0.717, 1.165) is 69.1 Å². The van der Waals surface area contributed by atoms with E-state index in [-0.39, 0.29) is 0 Å². The predicted molar refractivity (Wildman–Crippen MR) is 99.8 cm³/mol. The van der Waals surface area contributed by atoms with Crippen LogP contribution >= 0.6 is 0 Å². The number of hydrogen-bond acceptors (Lipinski definition) is 5. The van der Waals surface area contributed by atoms with Gasteiger partial charge in [-0.05, 0) is 52.1 Å². The molecular weight excluding hydrogens is 318 g/mol. The number of hydrogen-bond donors (Lipinski definition) is 2. The molecular formula is C18H33N5O2. The quantitative estimate of drug-likeness (QED) is 0.422. The highest BCUT2D eigenvalue weighted by Gasteiger charge is 2.21. The summed E-state index contributed by atoms with van der Waals surface area (Å²) in [6, 6.07) is 0. The lowest BCUT2D eigenvalue weighted by Gasteiger charge is -2.31. The van der Waals surface area contributed by atoms with E-state index in [2.05, 4.69) is 25.5 Å². The molecule has 1 fully saturated rings. The highest BCUT2D eigenvalue weighted by atomic mass is 16.5. The summed E-state index contributed by atoms with van der Waals surface area (Å²) >= 11 is 0. The van der Waals surface area contributed by atoms with Crippen LogP contribution in [0.3, 0.4) is 0 Å². The van der Waals surface area contributed by atoms with Gasteiger partial charge in [-0.15, -0.1) is 0 Å². The van der Waals surface area contributed by atoms with Gasteiger partial charge in [-0.3, -0.25) is 9.89 Å². The molecule has 7 heteroatoms. The summed E-state index contributed by atoms with van der Waals surface area (Å²) in [5.74, 6) is 3.33. The summed E-state index contributed by atoms with van der Waals surface area (Å²) in [5, 5.41) is 6.76. The number of methoxy groups -OCH3 is 1. The molecule has 0 unspecified atom stereocenters. The first-order valence-electron chi connectivity index (χ1n) is 9.21. The minimum atomic E-state index is 0.682. The monoisotopic (exact) mass is 351 g/mol. The summed E-state index contributed by atoms with van der Waals surface area (Å²) in [7, 11) is 3.54. The number of aryl methyl sites for hydroxylation is 2. The third-order valence-corrected chi connectivity index (χ3v) is 4.74. The molecule has 0 aromatic carbocycles. The Balaban J connectivity index is 1.64. The van der Waals surface area contributed by atoms with Gasteiger partial charge in [-0.25, -0.2) is 4.98 Å². The smallest absolute Gasteiger partial charge is 0.208 e. The Bertz CT molecular complexity index is 516. The number of oxazole rings is 1. The fourth-order valence-electron chi connectivity index (χ4n) is 3.03. The second kappa shape index (κ2) is 10.4. The van der Waals surface area contributed by atoms with Crippen molar-refractivity contribution in [3.05, 3.63) is 17.3 Å². The first-order valence-corrected chi connectivity index (χ1v) is 9.21. The second-order valence-electron chi connectivity index (χ2n) is 6.69. The van der Waals surface area contributed by atoms with E-state index < -0.39 is 0 Å². The van der Waals surface area contributed by atoms with E-state index in [1.165, 1.54) is 12.8 Å². The van der Waals surface area contributed by atoms with Crippen molar-refractivity contribution >= 4 is 5.96 Å². The molecule has 25 heavy (non-hydrogen) atoms. The molecule has 0 saturated carbocycles. The molecule has 1 saturated heterocycles. The second-order valence-corrected chi connectivity index (χ2v) is 6.69. The van der Waals surface area contributed by atoms with E-state index in [9.17, 15) is 0 Å². The lowest BCUT2D eigenvalue weighted by atomic mass is 9.97. The van der Waals surface area contributed by atoms with Crippen molar-refractivity contribution < 1.29 is 9.15 Å². The Hall–Kier alpha value is -1.60. The van der Waals surface area contributed by atoms with Crippen LogP contribution in [0.1, 0.15) is 36.6 Å². The third-order valence-electron chi connectivity index (χ3n) is 4.74. The number of ether oxygens (including phenoxy) is 1. The van der Waals surface area contributed by atoms with E-state index in [0.29, 0.717) is 5.92 Å². The lowest BCUT2D eigenvalue weighted by molar-refractivity contribution is 0.164. The maximum absolute atomic E-state index is 5.69. The molecule has 0 aliphatic carbocycles. The van der Waals surface area contributed by atoms with Crippen molar-refractivity contribution in [2.75, 3.05) is 46.9 Å². The van der Waals surface area contributed by atoms with Crippen molar-refractivity contribution in [1.82, 2.24) is 20.5 Å². The topological polar surface area (TPSA) is 74.9 Å². The predicted octanol–water partition coefficient (Wildman–Crippen LogP) is 1.70. The highest BCUT2D eigenvalue weighted by Crippen LogP contribution is 2.19. The van der Waals surface area contributed by atoms with Gasteiger partial charge < -0.3 is 19.8 Å². The van der Waals surface area contributed by atoms with E-state index in [1.54, 1.807) is 7.11 Å². The van der Waals surface area contributed by atoms with E-state index in [4.69, 9.17) is 9.15 Å². The Morgan fingerprint density at radius 1 is 1.32 bits per heavy atom. The number of piperidine rings is 1. The number of rotatable bonds is 8. The number of aliphatic imine (C=N–C) groups is 1. The summed E-state index contributed by atoms with van der Waals surface area (Å²) in [5.41, 5.74) is 0.999. The van der Waals surface area contributed by atoms with Crippen LogP contribution in [0.15, 0.2) is 9.41 Å². The summed E-state index contributed by atoms with van der Waals surface area (Å²) in [6.45, 7) is 9.58. The van der Waals surface area contributed by atoms with Gasteiger partial charge in [0, 0.05) is 33.9 Å². The molecule has 0 bridgehead atoms. The summed E-state index contributed by atoms with van der Waals surface area (Å²) < 4.78 is 10.8. The van der Waals surface area contributed by atoms with Gasteiger partial charge in [0.1, 0.15) is 5.76 Å². The minimum Gasteiger partial charge on any atom is -0.444 e. The first kappa shape index (κ1) is 19.7. The zero-order valence-electron chi connectivity index (χ0n) is 16.1. The van der Waals surface area contributed by atoms with Gasteiger partial charge in [0.15, 0.2) is 5.96 Å². The Labute approximate surface area is 151 Å². The van der Waals surface area contributed by atoms with Crippen molar-refractivity contribution in [2.24, 2.45) is 10.9 Å². The molecule has 1 aliphatic rings. The maximum atomic E-state index is 5.69. The molecule has 0 atom stereocenters. The lowest BCUT2D eigenvalue weighted by Crippen LogP contribution is -2.43. The van der Waals surface area contributed by atoms with Gasteiger partial charge in [0.25, 0.3) is 0 Å². The minimum absolute atomic E-state index is 0.682. The third kappa shape index (κ3) is 6.66. The fourth-order valence-corrected chi connectivity index (χ4v) is 3.03. The van der Waals surface area contributed by atoms with Crippen LogP contribution in [-0.4, -0.2) is 62.8 Å². The standard InChI is InChI=1S/C18H33N5O2/c1-14-15(2)25-17(22-14)13-23-9-6-16(7-10-23)12-21-18(19-3)20-8-5-11-24-4/h16H,5-13H2,1-4H3,(H2,19,20,21). The molecule has 0 spiro atoms. The normalized spacial score (nSPS) is 17.0. The van der Waals surface area contributed by atoms with Gasteiger partial charge in [-0.1, -0.05) is 0 Å². The Kier molecular flexibility index (Phi) is 8.21. The first-order chi connectivity index (χ1) is 12.1. The highest BCUT2D eigenvalue weighted by molar-refractivity contribution is 5.79. The number of nitrogens with zero attached hydrogens (tertiary/aromatic N) is 3.